The van der Waals surface area contributed by atoms with Crippen LogP contribution in [0.3, 0.4) is 0 Å². The van der Waals surface area contributed by atoms with Crippen LogP contribution in [0, 0.1) is 6.92 Å². The zero-order valence-corrected chi connectivity index (χ0v) is 14.4. The first-order valence-electron chi connectivity index (χ1n) is 8.11. The van der Waals surface area contributed by atoms with Crippen molar-refractivity contribution in [1.29, 1.82) is 0 Å². The summed E-state index contributed by atoms with van der Waals surface area (Å²) in [5.74, 6) is -0.426. The molecule has 0 spiro atoms. The number of ether oxygens (including phenoxy) is 1. The maximum atomic E-state index is 12.3. The largest absolute Gasteiger partial charge is 0.487 e. The molecule has 0 aliphatic carbocycles. The molecular weight excluding hydrogens is 320 g/mol. The molecule has 2 N–H and O–H groups in total. The topological polar surface area (TPSA) is 88.5 Å². The second kappa shape index (κ2) is 8.82. The minimum Gasteiger partial charge on any atom is -0.487 e. The van der Waals surface area contributed by atoms with Gasteiger partial charge in [0, 0.05) is 23.7 Å². The van der Waals surface area contributed by atoms with Crippen molar-refractivity contribution in [1.82, 2.24) is 10.3 Å². The summed E-state index contributed by atoms with van der Waals surface area (Å²) in [6, 6.07) is 10.7. The number of hydrogen-bond acceptors (Lipinski definition) is 4. The van der Waals surface area contributed by atoms with Crippen LogP contribution in [0.5, 0.6) is 5.75 Å². The second-order valence-electron chi connectivity index (χ2n) is 5.93. The molecule has 0 fully saturated rings. The molecule has 0 bridgehead atoms. The minimum atomic E-state index is -0.870. The Hall–Kier alpha value is -2.89. The Labute approximate surface area is 146 Å². The molecule has 6 heteroatoms. The van der Waals surface area contributed by atoms with E-state index in [-0.39, 0.29) is 18.4 Å². The van der Waals surface area contributed by atoms with E-state index < -0.39 is 5.97 Å². The van der Waals surface area contributed by atoms with Crippen molar-refractivity contribution < 1.29 is 19.4 Å². The fraction of sp³-hybridized carbons (Fsp3) is 0.316. The lowest BCUT2D eigenvalue weighted by Gasteiger charge is -2.13. The van der Waals surface area contributed by atoms with Crippen molar-refractivity contribution in [2.45, 2.75) is 39.3 Å². The van der Waals surface area contributed by atoms with Crippen molar-refractivity contribution in [3.8, 4) is 5.75 Å². The maximum Gasteiger partial charge on any atom is 0.303 e. The third-order valence-electron chi connectivity index (χ3n) is 3.65. The predicted molar refractivity (Wildman–Crippen MR) is 93.5 cm³/mol. The van der Waals surface area contributed by atoms with Gasteiger partial charge in [0.05, 0.1) is 6.20 Å². The molecule has 2 rings (SSSR count). The number of pyridine rings is 1. The Balaban J connectivity index is 1.92. The molecule has 0 saturated carbocycles. The number of amides is 1. The molecule has 0 aliphatic heterocycles. The molecule has 132 valence electrons. The molecule has 1 amide bonds. The summed E-state index contributed by atoms with van der Waals surface area (Å²) in [5, 5.41) is 11.5. The van der Waals surface area contributed by atoms with Gasteiger partial charge < -0.3 is 15.2 Å². The molecule has 1 unspecified atom stereocenters. The summed E-state index contributed by atoms with van der Waals surface area (Å²) in [7, 11) is 0. The highest BCUT2D eigenvalue weighted by atomic mass is 16.5. The Morgan fingerprint density at radius 3 is 2.76 bits per heavy atom. The summed E-state index contributed by atoms with van der Waals surface area (Å²) in [5.41, 5.74) is 2.31. The van der Waals surface area contributed by atoms with Gasteiger partial charge >= 0.3 is 5.97 Å². The minimum absolute atomic E-state index is 0.0277. The van der Waals surface area contributed by atoms with Crippen LogP contribution < -0.4 is 10.1 Å². The second-order valence-corrected chi connectivity index (χ2v) is 5.93. The van der Waals surface area contributed by atoms with Crippen molar-refractivity contribution in [3.05, 3.63) is 59.4 Å². The molecule has 6 nitrogen and oxygen atoms in total. The van der Waals surface area contributed by atoms with Gasteiger partial charge in [-0.25, -0.2) is 0 Å². The van der Waals surface area contributed by atoms with Crippen LogP contribution in [-0.4, -0.2) is 28.0 Å². The monoisotopic (exact) mass is 342 g/mol. The number of carboxylic acids is 1. The van der Waals surface area contributed by atoms with Crippen LogP contribution in [0.4, 0.5) is 0 Å². The number of rotatable bonds is 8. The zero-order valence-electron chi connectivity index (χ0n) is 14.4. The average Bonchev–Trinajstić information content (AvgIpc) is 2.59. The first-order chi connectivity index (χ1) is 11.9. The van der Waals surface area contributed by atoms with Gasteiger partial charge in [0.2, 0.25) is 0 Å². The Morgan fingerprint density at radius 2 is 2.08 bits per heavy atom. The van der Waals surface area contributed by atoms with Crippen molar-refractivity contribution in [2.24, 2.45) is 0 Å². The van der Waals surface area contributed by atoms with E-state index in [1.807, 2.05) is 25.1 Å². The van der Waals surface area contributed by atoms with E-state index in [9.17, 15) is 9.59 Å². The number of carboxylic acid groups (broad SMARTS) is 1. The van der Waals surface area contributed by atoms with Crippen molar-refractivity contribution in [2.75, 3.05) is 0 Å². The van der Waals surface area contributed by atoms with E-state index in [1.165, 1.54) is 0 Å². The molecule has 1 heterocycles. The molecule has 0 radical (unpaired) electrons. The highest BCUT2D eigenvalue weighted by Crippen LogP contribution is 2.13. The van der Waals surface area contributed by atoms with Gasteiger partial charge in [0.1, 0.15) is 12.4 Å². The molecule has 1 aromatic heterocycles. The Bertz CT molecular complexity index is 728. The molecule has 0 saturated heterocycles. The maximum absolute atomic E-state index is 12.3. The molecule has 1 atom stereocenters. The van der Waals surface area contributed by atoms with Gasteiger partial charge in [-0.05, 0) is 50.1 Å². The van der Waals surface area contributed by atoms with E-state index in [0.29, 0.717) is 24.3 Å². The number of nitrogens with zero attached hydrogens (tertiary/aromatic N) is 1. The molecule has 25 heavy (non-hydrogen) atoms. The van der Waals surface area contributed by atoms with Crippen LogP contribution in [0.15, 0.2) is 42.6 Å². The fourth-order valence-corrected chi connectivity index (χ4v) is 2.23. The number of hydrogen-bond donors (Lipinski definition) is 2. The van der Waals surface area contributed by atoms with Crippen LogP contribution in [0.25, 0.3) is 0 Å². The quantitative estimate of drug-likeness (QED) is 0.770. The average molecular weight is 342 g/mol. The summed E-state index contributed by atoms with van der Waals surface area (Å²) >= 11 is 0. The number of carbonyl (C=O) groups is 2. The van der Waals surface area contributed by atoms with Crippen molar-refractivity contribution >= 4 is 11.9 Å². The zero-order chi connectivity index (χ0) is 18.2. The first-order valence-corrected chi connectivity index (χ1v) is 8.11. The van der Waals surface area contributed by atoms with Crippen LogP contribution in [0.1, 0.15) is 41.4 Å². The van der Waals surface area contributed by atoms with Gasteiger partial charge in [0.25, 0.3) is 5.91 Å². The van der Waals surface area contributed by atoms with Crippen LogP contribution in [-0.2, 0) is 11.4 Å². The SMILES string of the molecule is Cc1ccc(OCc2cccc(C(=O)NC(C)CCC(=O)O)c2)cn1. The lowest BCUT2D eigenvalue weighted by atomic mass is 10.1. The van der Waals surface area contributed by atoms with E-state index in [2.05, 4.69) is 10.3 Å². The third-order valence-corrected chi connectivity index (χ3v) is 3.65. The van der Waals surface area contributed by atoms with Crippen LogP contribution >= 0.6 is 0 Å². The molecule has 0 aliphatic rings. The van der Waals surface area contributed by atoms with E-state index in [0.717, 1.165) is 11.3 Å². The van der Waals surface area contributed by atoms with Crippen molar-refractivity contribution in [3.63, 3.8) is 0 Å². The first kappa shape index (κ1) is 18.4. The predicted octanol–water partition coefficient (Wildman–Crippen LogP) is 2.95. The molecule has 1 aromatic carbocycles. The smallest absolute Gasteiger partial charge is 0.303 e. The van der Waals surface area contributed by atoms with Gasteiger partial charge in [-0.2, -0.15) is 0 Å². The number of benzene rings is 1. The lowest BCUT2D eigenvalue weighted by Crippen LogP contribution is -2.33. The summed E-state index contributed by atoms with van der Waals surface area (Å²) in [6.45, 7) is 4.03. The van der Waals surface area contributed by atoms with Gasteiger partial charge in [0.15, 0.2) is 0 Å². The normalized spacial score (nSPS) is 11.6. The number of nitrogens with one attached hydrogen (secondary N) is 1. The highest BCUT2D eigenvalue weighted by molar-refractivity contribution is 5.94. The van der Waals surface area contributed by atoms with E-state index in [4.69, 9.17) is 9.84 Å². The lowest BCUT2D eigenvalue weighted by molar-refractivity contribution is -0.137. The number of aliphatic carboxylic acids is 1. The Kier molecular flexibility index (Phi) is 6.51. The van der Waals surface area contributed by atoms with Gasteiger partial charge in [-0.1, -0.05) is 12.1 Å². The van der Waals surface area contributed by atoms with Gasteiger partial charge in [-0.15, -0.1) is 0 Å². The van der Waals surface area contributed by atoms with E-state index in [1.54, 1.807) is 31.3 Å². The third kappa shape index (κ3) is 6.25. The molecule has 2 aromatic rings. The number of carbonyl (C=O) groups excluding carboxylic acids is 1. The fourth-order valence-electron chi connectivity index (χ4n) is 2.23. The van der Waals surface area contributed by atoms with Gasteiger partial charge in [-0.3, -0.25) is 14.6 Å². The summed E-state index contributed by atoms with van der Waals surface area (Å²) in [4.78, 5) is 27.0. The highest BCUT2D eigenvalue weighted by Gasteiger charge is 2.11. The molecular formula is C19H22N2O4. The summed E-state index contributed by atoms with van der Waals surface area (Å²) in [6.07, 6.45) is 2.08. The standard InChI is InChI=1S/C19H22N2O4/c1-13-6-8-17(11-20-13)25-12-15-4-3-5-16(10-15)19(24)21-14(2)7-9-18(22)23/h3-6,8,10-11,14H,7,9,12H2,1-2H3,(H,21,24)(H,22,23). The van der Waals surface area contributed by atoms with Crippen LogP contribution in [0.2, 0.25) is 0 Å². The number of aromatic nitrogens is 1. The summed E-state index contributed by atoms with van der Waals surface area (Å²) < 4.78 is 5.67. The van der Waals surface area contributed by atoms with E-state index >= 15 is 0 Å². The number of aryl methyl sites for hydroxylation is 1. The Morgan fingerprint density at radius 1 is 1.28 bits per heavy atom.